The molecule has 1 saturated carbocycles. The van der Waals surface area contributed by atoms with Crippen molar-refractivity contribution in [1.29, 1.82) is 0 Å². The molecule has 25 heavy (non-hydrogen) atoms. The Kier molecular flexibility index (Phi) is 6.07. The van der Waals surface area contributed by atoms with Gasteiger partial charge in [0, 0.05) is 43.8 Å². The monoisotopic (exact) mass is 348 g/mol. The maximum absolute atomic E-state index is 11.8. The van der Waals surface area contributed by atoms with Crippen LogP contribution in [0.25, 0.3) is 0 Å². The number of hydrogen-bond donors (Lipinski definition) is 2. The molecule has 3 aliphatic rings. The van der Waals surface area contributed by atoms with E-state index in [0.717, 1.165) is 19.5 Å². The van der Waals surface area contributed by atoms with Crippen LogP contribution < -0.4 is 5.32 Å². The minimum atomic E-state index is -0.250. The van der Waals surface area contributed by atoms with Gasteiger partial charge in [0.05, 0.1) is 12.0 Å². The molecule has 0 unspecified atom stereocenters. The first kappa shape index (κ1) is 17.9. The predicted octanol–water partition coefficient (Wildman–Crippen LogP) is 1.94. The molecule has 2 saturated heterocycles. The van der Waals surface area contributed by atoms with Gasteiger partial charge < -0.3 is 15.0 Å². The Morgan fingerprint density at radius 2 is 1.88 bits per heavy atom. The summed E-state index contributed by atoms with van der Waals surface area (Å²) in [5, 5.41) is 9.95. The molecule has 1 amide bonds. The first-order valence-electron chi connectivity index (χ1n) is 9.34. The fourth-order valence-electron chi connectivity index (χ4n) is 4.56. The number of aromatic nitrogens is 2. The molecule has 4 rings (SSSR count). The summed E-state index contributed by atoms with van der Waals surface area (Å²) in [7, 11) is 0. The second-order valence-corrected chi connectivity index (χ2v) is 7.26. The first-order chi connectivity index (χ1) is 12.2. The summed E-state index contributed by atoms with van der Waals surface area (Å²) in [4.78, 5) is 27.1. The number of nitrogens with zero attached hydrogens (tertiary/aromatic N) is 3. The van der Waals surface area contributed by atoms with Gasteiger partial charge in [0.1, 0.15) is 0 Å². The molecule has 0 aromatic carbocycles. The van der Waals surface area contributed by atoms with Gasteiger partial charge in [-0.3, -0.25) is 14.5 Å². The number of carbonyl (C=O) groups is 2. The number of imidazole rings is 1. The third-order valence-electron chi connectivity index (χ3n) is 5.79. The Morgan fingerprint density at radius 3 is 2.64 bits per heavy atom. The molecular weight excluding hydrogens is 320 g/mol. The second kappa shape index (κ2) is 8.47. The molecule has 7 nitrogen and oxygen atoms in total. The summed E-state index contributed by atoms with van der Waals surface area (Å²) in [5.74, 6) is 0.220. The maximum atomic E-state index is 11.8. The molecule has 3 fully saturated rings. The number of fused-ring (bicyclic) bond motifs is 2. The van der Waals surface area contributed by atoms with E-state index in [-0.39, 0.29) is 12.4 Å². The van der Waals surface area contributed by atoms with E-state index in [9.17, 15) is 4.79 Å². The van der Waals surface area contributed by atoms with Crippen LogP contribution in [0.3, 0.4) is 0 Å². The SMILES string of the molecule is O=C1C[C@H]2CC[C@@H](CN1)N2Cc1cncn1C1CCCCC1.O=CO. The summed E-state index contributed by atoms with van der Waals surface area (Å²) in [6.45, 7) is 1.51. The molecule has 2 aliphatic heterocycles. The van der Waals surface area contributed by atoms with Crippen molar-refractivity contribution in [2.75, 3.05) is 6.54 Å². The van der Waals surface area contributed by atoms with Crippen LogP contribution in [0.2, 0.25) is 0 Å². The molecule has 3 heterocycles. The van der Waals surface area contributed by atoms with E-state index in [1.54, 1.807) is 0 Å². The van der Waals surface area contributed by atoms with E-state index in [4.69, 9.17) is 9.90 Å². The lowest BCUT2D eigenvalue weighted by Gasteiger charge is -2.30. The molecule has 1 aromatic heterocycles. The van der Waals surface area contributed by atoms with E-state index >= 15 is 0 Å². The number of hydrogen-bond acceptors (Lipinski definition) is 4. The van der Waals surface area contributed by atoms with Crippen LogP contribution in [-0.2, 0) is 16.1 Å². The van der Waals surface area contributed by atoms with Crippen LogP contribution in [0, 0.1) is 0 Å². The predicted molar refractivity (Wildman–Crippen MR) is 93.0 cm³/mol. The Morgan fingerprint density at radius 1 is 1.16 bits per heavy atom. The van der Waals surface area contributed by atoms with E-state index in [0.29, 0.717) is 24.5 Å². The van der Waals surface area contributed by atoms with Crippen LogP contribution in [0.15, 0.2) is 12.5 Å². The number of amides is 1. The zero-order chi connectivity index (χ0) is 17.6. The molecule has 138 valence electrons. The zero-order valence-corrected chi connectivity index (χ0v) is 14.6. The van der Waals surface area contributed by atoms with Crippen molar-refractivity contribution in [3.8, 4) is 0 Å². The molecule has 1 aromatic rings. The molecule has 0 radical (unpaired) electrons. The van der Waals surface area contributed by atoms with E-state index in [1.165, 1.54) is 44.2 Å². The average molecular weight is 348 g/mol. The molecule has 0 spiro atoms. The third kappa shape index (κ3) is 4.21. The van der Waals surface area contributed by atoms with Crippen molar-refractivity contribution in [2.24, 2.45) is 0 Å². The van der Waals surface area contributed by atoms with E-state index < -0.39 is 0 Å². The highest BCUT2D eigenvalue weighted by Crippen LogP contribution is 2.32. The van der Waals surface area contributed by atoms with Crippen molar-refractivity contribution in [1.82, 2.24) is 19.8 Å². The van der Waals surface area contributed by atoms with Crippen LogP contribution in [0.4, 0.5) is 0 Å². The van der Waals surface area contributed by atoms with E-state index in [2.05, 4.69) is 19.8 Å². The molecule has 7 heteroatoms. The highest BCUT2D eigenvalue weighted by Gasteiger charge is 2.37. The lowest BCUT2D eigenvalue weighted by Crippen LogP contribution is -2.38. The molecular formula is C18H28N4O3. The van der Waals surface area contributed by atoms with Gasteiger partial charge in [-0.15, -0.1) is 0 Å². The van der Waals surface area contributed by atoms with Gasteiger partial charge >= 0.3 is 0 Å². The van der Waals surface area contributed by atoms with Crippen molar-refractivity contribution in [3.63, 3.8) is 0 Å². The Balaban J connectivity index is 0.000000569. The number of rotatable bonds is 3. The summed E-state index contributed by atoms with van der Waals surface area (Å²) >= 11 is 0. The van der Waals surface area contributed by atoms with Crippen LogP contribution >= 0.6 is 0 Å². The number of carbonyl (C=O) groups excluding carboxylic acids is 1. The van der Waals surface area contributed by atoms with Crippen molar-refractivity contribution in [2.45, 2.75) is 76.0 Å². The summed E-state index contributed by atoms with van der Waals surface area (Å²) in [5.41, 5.74) is 1.33. The van der Waals surface area contributed by atoms with Gasteiger partial charge in [0.2, 0.25) is 5.91 Å². The van der Waals surface area contributed by atoms with Gasteiger partial charge in [-0.25, -0.2) is 4.98 Å². The Hall–Kier alpha value is -1.89. The quantitative estimate of drug-likeness (QED) is 0.815. The molecule has 2 atom stereocenters. The van der Waals surface area contributed by atoms with E-state index in [1.807, 2.05) is 12.5 Å². The standard InChI is InChI=1S/C17H26N4O.CH2O2/c22-17-8-14-6-7-15(10-19-17)20(14)11-16-9-18-12-21(16)13-4-2-1-3-5-13;2-1-3/h9,12-15H,1-8,10-11H2,(H,19,22);1H,(H,2,3)/t14-,15+;/m1./s1. The Bertz CT molecular complexity index is 583. The molecule has 2 N–H and O–H groups in total. The molecule has 1 aliphatic carbocycles. The average Bonchev–Trinajstić information content (AvgIpc) is 3.18. The summed E-state index contributed by atoms with van der Waals surface area (Å²) < 4.78 is 2.42. The minimum Gasteiger partial charge on any atom is -0.483 e. The van der Waals surface area contributed by atoms with Crippen LogP contribution in [-0.4, -0.2) is 50.6 Å². The third-order valence-corrected chi connectivity index (χ3v) is 5.79. The molecule has 2 bridgehead atoms. The van der Waals surface area contributed by atoms with Crippen molar-refractivity contribution < 1.29 is 14.7 Å². The van der Waals surface area contributed by atoms with Crippen molar-refractivity contribution >= 4 is 12.4 Å². The van der Waals surface area contributed by atoms with Gasteiger partial charge in [-0.05, 0) is 25.7 Å². The second-order valence-electron chi connectivity index (χ2n) is 7.26. The highest BCUT2D eigenvalue weighted by atomic mass is 16.3. The Labute approximate surface area is 148 Å². The normalized spacial score (nSPS) is 27.1. The fraction of sp³-hybridized carbons (Fsp3) is 0.722. The summed E-state index contributed by atoms with van der Waals surface area (Å²) in [6.07, 6.45) is 13.7. The van der Waals surface area contributed by atoms with Gasteiger partial charge in [-0.2, -0.15) is 0 Å². The smallest absolute Gasteiger partial charge is 0.290 e. The minimum absolute atomic E-state index is 0.220. The van der Waals surface area contributed by atoms with Crippen LogP contribution in [0.5, 0.6) is 0 Å². The van der Waals surface area contributed by atoms with Crippen LogP contribution in [0.1, 0.15) is 63.1 Å². The number of nitrogens with one attached hydrogen (secondary N) is 1. The highest BCUT2D eigenvalue weighted by molar-refractivity contribution is 5.77. The largest absolute Gasteiger partial charge is 0.483 e. The zero-order valence-electron chi connectivity index (χ0n) is 14.6. The first-order valence-corrected chi connectivity index (χ1v) is 9.34. The lowest BCUT2D eigenvalue weighted by molar-refractivity contribution is -0.123. The van der Waals surface area contributed by atoms with Crippen molar-refractivity contribution in [3.05, 3.63) is 18.2 Å². The van der Waals surface area contributed by atoms with Gasteiger partial charge in [-0.1, -0.05) is 19.3 Å². The maximum Gasteiger partial charge on any atom is 0.290 e. The van der Waals surface area contributed by atoms with Gasteiger partial charge in [0.25, 0.3) is 6.47 Å². The topological polar surface area (TPSA) is 87.5 Å². The van der Waals surface area contributed by atoms with Gasteiger partial charge in [0.15, 0.2) is 0 Å². The lowest BCUT2D eigenvalue weighted by atomic mass is 9.95. The summed E-state index contributed by atoms with van der Waals surface area (Å²) in [6, 6.07) is 1.56. The number of carboxylic acid groups (broad SMARTS) is 1. The fourth-order valence-corrected chi connectivity index (χ4v) is 4.56.